The third kappa shape index (κ3) is 12.8. The van der Waals surface area contributed by atoms with Crippen molar-refractivity contribution in [1.82, 2.24) is 0 Å². The van der Waals surface area contributed by atoms with E-state index >= 15 is 0 Å². The van der Waals surface area contributed by atoms with Gasteiger partial charge in [0.2, 0.25) is 0 Å². The number of ether oxygens (including phenoxy) is 4. The van der Waals surface area contributed by atoms with E-state index in [0.29, 0.717) is 0 Å². The predicted octanol–water partition coefficient (Wildman–Crippen LogP) is 22.5. The van der Waals surface area contributed by atoms with Gasteiger partial charge in [-0.15, -0.1) is 0 Å². The minimum Gasteiger partial charge on any atom is -0.497 e. The van der Waals surface area contributed by atoms with Gasteiger partial charge in [0.25, 0.3) is 0 Å². The maximum absolute atomic E-state index is 5.52. The third-order valence-corrected chi connectivity index (χ3v) is 16.2. The van der Waals surface area contributed by atoms with Gasteiger partial charge in [-0.25, -0.2) is 0 Å². The Bertz CT molecular complexity index is 4050. The Balaban J connectivity index is 0.800. The summed E-state index contributed by atoms with van der Waals surface area (Å²) >= 11 is 0. The van der Waals surface area contributed by atoms with Crippen molar-refractivity contribution in [3.63, 3.8) is 0 Å². The van der Waals surface area contributed by atoms with E-state index in [1.165, 1.54) is 0 Å². The van der Waals surface area contributed by atoms with Crippen LogP contribution in [0.5, 0.6) is 23.0 Å². The minimum atomic E-state index is 0.797. The number of para-hydroxylation sites is 4. The molecule has 0 fully saturated rings. The first-order valence-corrected chi connectivity index (χ1v) is 30.5. The van der Waals surface area contributed by atoms with E-state index in [1.807, 2.05) is 48.5 Å². The number of hydrogen-bond donors (Lipinski definition) is 0. The lowest BCUT2D eigenvalue weighted by Gasteiger charge is -2.30. The monoisotopic (exact) mass is 1200 g/mol. The highest BCUT2D eigenvalue weighted by Gasteiger charge is 2.22. The fraction of sp³-hybridized carbons (Fsp3) is 0.0488. The number of hydrogen-bond acceptors (Lipinski definition) is 10. The summed E-state index contributed by atoms with van der Waals surface area (Å²) in [7, 11) is 6.75. The molecule has 13 aromatic carbocycles. The van der Waals surface area contributed by atoms with Crippen LogP contribution in [-0.2, 0) is 0 Å². The van der Waals surface area contributed by atoms with Crippen molar-refractivity contribution in [3.05, 3.63) is 340 Å². The summed E-state index contributed by atoms with van der Waals surface area (Å²) in [6, 6.07) is 119. The molecule has 450 valence electrons. The fourth-order valence-electron chi connectivity index (χ4n) is 11.7. The van der Waals surface area contributed by atoms with Gasteiger partial charge in [0, 0.05) is 102 Å². The molecule has 10 nitrogen and oxygen atoms in total. The van der Waals surface area contributed by atoms with Gasteiger partial charge in [-0.05, 0) is 267 Å². The Morgan fingerprint density at radius 3 is 0.337 bits per heavy atom. The molecule has 0 aliphatic heterocycles. The van der Waals surface area contributed by atoms with Crippen molar-refractivity contribution in [2.45, 2.75) is 0 Å². The van der Waals surface area contributed by atoms with Crippen LogP contribution in [0.15, 0.2) is 340 Å². The van der Waals surface area contributed by atoms with Gasteiger partial charge in [0.05, 0.1) is 28.4 Å². The topological polar surface area (TPSA) is 56.4 Å². The Morgan fingerprint density at radius 2 is 0.228 bits per heavy atom. The van der Waals surface area contributed by atoms with E-state index in [0.717, 1.165) is 125 Å². The molecule has 0 aliphatic carbocycles. The number of methoxy groups -OCH3 is 4. The van der Waals surface area contributed by atoms with E-state index in [-0.39, 0.29) is 0 Å². The molecule has 0 amide bonds. The zero-order chi connectivity index (χ0) is 62.6. The Morgan fingerprint density at radius 1 is 0.130 bits per heavy atom. The van der Waals surface area contributed by atoms with Crippen LogP contribution in [0.3, 0.4) is 0 Å². The largest absolute Gasteiger partial charge is 0.497 e. The van der Waals surface area contributed by atoms with Crippen LogP contribution in [0.4, 0.5) is 102 Å². The number of nitrogens with zero attached hydrogens (tertiary/aromatic N) is 6. The Kier molecular flexibility index (Phi) is 17.6. The van der Waals surface area contributed by atoms with Crippen LogP contribution >= 0.6 is 0 Å². The van der Waals surface area contributed by atoms with Crippen LogP contribution in [0.1, 0.15) is 0 Å². The quantitative estimate of drug-likeness (QED) is 0.0656. The van der Waals surface area contributed by atoms with Crippen LogP contribution < -0.4 is 48.3 Å². The second-order valence-corrected chi connectivity index (χ2v) is 21.7. The van der Waals surface area contributed by atoms with Gasteiger partial charge < -0.3 is 48.3 Å². The molecule has 0 unspecified atom stereocenters. The minimum absolute atomic E-state index is 0.797. The highest BCUT2D eigenvalue weighted by atomic mass is 16.5. The van der Waals surface area contributed by atoms with E-state index in [2.05, 4.69) is 321 Å². The molecule has 0 heterocycles. The highest BCUT2D eigenvalue weighted by molar-refractivity contribution is 5.87. The number of anilines is 18. The molecular weight excluding hydrogens is 1130 g/mol. The van der Waals surface area contributed by atoms with Crippen molar-refractivity contribution in [2.75, 3.05) is 57.8 Å². The standard InChI is InChI=1S/C82H68N6O4/c1-89-79-53-45-75(46-54-79)87(76-47-55-80(90-2)56-48-76)73-41-37-71(38-42-73)85(63-21-13-7-14-22-63)69-33-29-67(30-34-69)83(61-17-9-5-10-18-61)65-25-27-66(28-26-65)84(62-19-11-6-12-20-62)68-31-35-70(36-32-68)86(64-23-15-8-16-24-64)72-39-43-74(44-40-72)88(77-49-57-81(91-3)58-50-77)78-51-59-82(92-4)60-52-78/h5-60H,1-4H3. The predicted molar refractivity (Wildman–Crippen MR) is 381 cm³/mol. The normalized spacial score (nSPS) is 10.8. The smallest absolute Gasteiger partial charge is 0.119 e. The summed E-state index contributed by atoms with van der Waals surface area (Å²) in [4.78, 5) is 13.7. The maximum Gasteiger partial charge on any atom is 0.119 e. The van der Waals surface area contributed by atoms with Crippen molar-refractivity contribution >= 4 is 102 Å². The van der Waals surface area contributed by atoms with Crippen LogP contribution in [-0.4, -0.2) is 28.4 Å². The van der Waals surface area contributed by atoms with Crippen molar-refractivity contribution in [2.24, 2.45) is 0 Å². The van der Waals surface area contributed by atoms with Crippen molar-refractivity contribution in [3.8, 4) is 23.0 Å². The Hall–Kier alpha value is -12.1. The highest BCUT2D eigenvalue weighted by Crippen LogP contribution is 2.45. The second-order valence-electron chi connectivity index (χ2n) is 21.7. The van der Waals surface area contributed by atoms with E-state index in [9.17, 15) is 0 Å². The summed E-state index contributed by atoms with van der Waals surface area (Å²) in [5.41, 5.74) is 18.3. The van der Waals surface area contributed by atoms with Gasteiger partial charge in [-0.1, -0.05) is 72.8 Å². The molecule has 0 aromatic heterocycles. The first-order chi connectivity index (χ1) is 45.4. The fourth-order valence-corrected chi connectivity index (χ4v) is 11.7. The van der Waals surface area contributed by atoms with Crippen LogP contribution in [0.25, 0.3) is 0 Å². The first-order valence-electron chi connectivity index (χ1n) is 30.5. The van der Waals surface area contributed by atoms with Gasteiger partial charge in [0.15, 0.2) is 0 Å². The molecule has 0 atom stereocenters. The molecule has 0 N–H and O–H groups in total. The molecule has 0 bridgehead atoms. The summed E-state index contributed by atoms with van der Waals surface area (Å²) in [5.74, 6) is 3.19. The van der Waals surface area contributed by atoms with Crippen molar-refractivity contribution < 1.29 is 18.9 Å². The first kappa shape index (κ1) is 58.9. The van der Waals surface area contributed by atoms with Gasteiger partial charge in [-0.3, -0.25) is 0 Å². The molecule has 0 spiro atoms. The summed E-state index contributed by atoms with van der Waals surface area (Å²) in [5, 5.41) is 0. The summed E-state index contributed by atoms with van der Waals surface area (Å²) in [6.07, 6.45) is 0. The third-order valence-electron chi connectivity index (χ3n) is 16.2. The molecule has 13 aromatic rings. The van der Waals surface area contributed by atoms with Gasteiger partial charge in [-0.2, -0.15) is 0 Å². The van der Waals surface area contributed by atoms with E-state index in [4.69, 9.17) is 18.9 Å². The molecule has 0 saturated heterocycles. The van der Waals surface area contributed by atoms with Crippen LogP contribution in [0.2, 0.25) is 0 Å². The second kappa shape index (κ2) is 27.5. The number of rotatable bonds is 22. The lowest BCUT2D eigenvalue weighted by atomic mass is 10.1. The molecular formula is C82H68N6O4. The molecule has 0 saturated carbocycles. The number of benzene rings is 13. The molecule has 10 heteroatoms. The SMILES string of the molecule is COc1ccc(N(c2ccc(OC)cc2)c2ccc(N(c3ccccc3)c3ccc(N(c4ccccc4)c4ccc(N(c5ccccc5)c5ccc(N(c6ccccc6)c6ccc(N(c7ccc(OC)cc7)c7ccc(OC)cc7)cc6)cc5)cc4)cc3)cc2)cc1. The van der Waals surface area contributed by atoms with Crippen molar-refractivity contribution in [1.29, 1.82) is 0 Å². The van der Waals surface area contributed by atoms with E-state index < -0.39 is 0 Å². The Labute approximate surface area is 539 Å². The average molecular weight is 1200 g/mol. The van der Waals surface area contributed by atoms with E-state index in [1.54, 1.807) is 28.4 Å². The van der Waals surface area contributed by atoms with Crippen LogP contribution in [0, 0.1) is 0 Å². The zero-order valence-electron chi connectivity index (χ0n) is 51.6. The molecule has 0 aliphatic rings. The molecule has 13 rings (SSSR count). The lowest BCUT2D eigenvalue weighted by Crippen LogP contribution is -2.14. The molecule has 0 radical (unpaired) electrons. The summed E-state index contributed by atoms with van der Waals surface area (Å²) in [6.45, 7) is 0. The zero-order valence-corrected chi connectivity index (χ0v) is 51.6. The lowest BCUT2D eigenvalue weighted by molar-refractivity contribution is 0.414. The van der Waals surface area contributed by atoms with Gasteiger partial charge in [0.1, 0.15) is 23.0 Å². The maximum atomic E-state index is 5.52. The summed E-state index contributed by atoms with van der Waals surface area (Å²) < 4.78 is 22.1. The average Bonchev–Trinajstić information content (AvgIpc) is 1.07. The molecule has 92 heavy (non-hydrogen) atoms. The van der Waals surface area contributed by atoms with Gasteiger partial charge >= 0.3 is 0 Å².